The molecule has 0 atom stereocenters. The molecule has 0 unspecified atom stereocenters. The van der Waals surface area contributed by atoms with E-state index in [1.54, 1.807) is 0 Å². The Bertz CT molecular complexity index is 3100. The van der Waals surface area contributed by atoms with Crippen LogP contribution in [-0.4, -0.2) is 9.97 Å². The van der Waals surface area contributed by atoms with E-state index in [9.17, 15) is 0 Å². The minimum atomic E-state index is 0. The van der Waals surface area contributed by atoms with E-state index >= 15 is 0 Å². The summed E-state index contributed by atoms with van der Waals surface area (Å²) in [5.41, 5.74) is 22.0. The maximum Gasteiger partial charge on any atom is 2.00 e. The molecule has 11 rings (SSSR count). The van der Waals surface area contributed by atoms with E-state index in [2.05, 4.69) is 185 Å². The third kappa shape index (κ3) is 9.76. The van der Waals surface area contributed by atoms with Crippen molar-refractivity contribution < 1.29 is 21.7 Å². The van der Waals surface area contributed by atoms with Gasteiger partial charge in [0.25, 0.3) is 0 Å². The second-order valence-electron chi connectivity index (χ2n) is 16.8. The molecule has 0 spiro atoms. The van der Waals surface area contributed by atoms with Crippen LogP contribution in [0.25, 0.3) is 90.9 Å². The molecule has 9 aromatic rings. The second-order valence-corrected chi connectivity index (χ2v) is 16.8. The van der Waals surface area contributed by atoms with Crippen molar-refractivity contribution in [1.29, 1.82) is 0 Å². The topological polar surface area (TPSA) is 54.0 Å². The van der Waals surface area contributed by atoms with Crippen molar-refractivity contribution in [2.75, 3.05) is 0 Å². The zero-order chi connectivity index (χ0) is 45.0. The van der Waals surface area contributed by atoms with E-state index in [1.807, 2.05) is 60.7 Å². The Morgan fingerprint density at radius 1 is 0.299 bits per heavy atom. The average molecular weight is 895 g/mol. The van der Waals surface area contributed by atoms with Gasteiger partial charge in [0.1, 0.15) is 0 Å². The molecule has 0 N–H and O–H groups in total. The quantitative estimate of drug-likeness (QED) is 0.130. The zero-order valence-electron chi connectivity index (χ0n) is 37.9. The first-order chi connectivity index (χ1) is 32.3. The van der Waals surface area contributed by atoms with Gasteiger partial charge >= 0.3 is 21.7 Å². The fourth-order valence-corrected chi connectivity index (χ4v) is 8.34. The van der Waals surface area contributed by atoms with Crippen molar-refractivity contribution >= 4 is 46.4 Å². The Hall–Kier alpha value is -7.81. The molecule has 0 aliphatic carbocycles. The molecule has 0 saturated heterocycles. The first kappa shape index (κ1) is 44.4. The number of aryl methyl sites for hydroxylation is 4. The number of fused-ring (bicyclic) bond motifs is 8. The number of hydrogen-bond donors (Lipinski definition) is 0. The van der Waals surface area contributed by atoms with Gasteiger partial charge in [0.05, 0.1) is 22.8 Å². The van der Waals surface area contributed by atoms with Crippen LogP contribution in [0.15, 0.2) is 182 Å². The number of benzene rings is 6. The van der Waals surface area contributed by atoms with Crippen molar-refractivity contribution in [1.82, 2.24) is 19.9 Å². The predicted octanol–water partition coefficient (Wildman–Crippen LogP) is 14.9. The van der Waals surface area contributed by atoms with Crippen molar-refractivity contribution in [3.05, 3.63) is 238 Å². The maximum atomic E-state index is 5.37. The van der Waals surface area contributed by atoms with Crippen LogP contribution in [0.5, 0.6) is 0 Å². The molecule has 8 bridgehead atoms. The van der Waals surface area contributed by atoms with Gasteiger partial charge < -0.3 is 9.97 Å². The van der Waals surface area contributed by atoms with Crippen LogP contribution in [0.1, 0.15) is 56.2 Å². The van der Waals surface area contributed by atoms with E-state index in [0.717, 1.165) is 100 Å². The summed E-state index contributed by atoms with van der Waals surface area (Å²) in [6, 6.07) is 63.0. The fourth-order valence-electron chi connectivity index (χ4n) is 8.34. The van der Waals surface area contributed by atoms with Gasteiger partial charge in [-0.3, -0.25) is 0 Å². The van der Waals surface area contributed by atoms with Gasteiger partial charge in [0.15, 0.2) is 0 Å². The standard InChI is InChI=1S/C48H36N4.C14H10.Ti/c1-29-5-13-33(14-6-29)45-37-21-23-39(49-37)46(34-15-7-30(2)8-16-34)41-25-27-43(51-41)48(36-19-11-32(4)12-20-36)44-28-26-42(52-44)47(40-24-22-38(45)50-40)35-17-9-31(3)10-18-35;1-3-7-13(8-4-1)11-12-14-9-5-2-6-10-14;/h5-28H,1-4H3;1-10H;/q-2;;+2. The molecule has 2 aliphatic heterocycles. The van der Waals surface area contributed by atoms with Gasteiger partial charge in [-0.25, -0.2) is 9.97 Å². The van der Waals surface area contributed by atoms with Crippen LogP contribution >= 0.6 is 0 Å². The van der Waals surface area contributed by atoms with Crippen molar-refractivity contribution in [2.45, 2.75) is 27.7 Å². The Balaban J connectivity index is 0.000000321. The van der Waals surface area contributed by atoms with Crippen LogP contribution in [0, 0.1) is 39.5 Å². The SMILES string of the molecule is C(#Cc1ccccc1)c1ccccc1.Cc1ccc(-c2c3nc(c(-c4ccc(C)cc4)c4ccc([n-]4)c(-c4ccc(C)cc4)c4nc(c(-c5ccc(C)cc5)c5ccc2[n-]5)C=C4)C=C3)cc1.[Ti+2]. The fraction of sp³-hybridized carbons (Fsp3) is 0.0645. The van der Waals surface area contributed by atoms with E-state index in [1.165, 1.54) is 22.3 Å². The summed E-state index contributed by atoms with van der Waals surface area (Å²) < 4.78 is 0. The third-order valence-electron chi connectivity index (χ3n) is 11.9. The first-order valence-corrected chi connectivity index (χ1v) is 22.3. The molecule has 5 heterocycles. The van der Waals surface area contributed by atoms with Crippen LogP contribution in [0.2, 0.25) is 0 Å². The molecule has 4 nitrogen and oxygen atoms in total. The van der Waals surface area contributed by atoms with Gasteiger partial charge in [0, 0.05) is 11.1 Å². The summed E-state index contributed by atoms with van der Waals surface area (Å²) >= 11 is 0. The van der Waals surface area contributed by atoms with Gasteiger partial charge in [-0.05, 0) is 121 Å². The minimum absolute atomic E-state index is 0. The van der Waals surface area contributed by atoms with E-state index < -0.39 is 0 Å². The molecule has 0 saturated carbocycles. The third-order valence-corrected chi connectivity index (χ3v) is 11.9. The molecular weight excluding hydrogens is 849 g/mol. The molecule has 6 aromatic carbocycles. The Morgan fingerprint density at radius 3 is 0.776 bits per heavy atom. The van der Waals surface area contributed by atoms with Crippen molar-refractivity contribution in [2.24, 2.45) is 0 Å². The number of nitrogens with zero attached hydrogens (tertiary/aromatic N) is 4. The largest absolute Gasteiger partial charge is 2.00 e. The first-order valence-electron chi connectivity index (χ1n) is 22.3. The summed E-state index contributed by atoms with van der Waals surface area (Å²) in [7, 11) is 0. The molecule has 318 valence electrons. The normalized spacial score (nSPS) is 11.2. The molecule has 2 aliphatic rings. The molecule has 3 aromatic heterocycles. The molecule has 0 fully saturated rings. The Kier molecular flexibility index (Phi) is 13.1. The van der Waals surface area contributed by atoms with Gasteiger partial charge in [-0.15, -0.1) is 22.1 Å². The van der Waals surface area contributed by atoms with Crippen LogP contribution < -0.4 is 9.97 Å². The smallest absolute Gasteiger partial charge is 0.657 e. The van der Waals surface area contributed by atoms with Crippen LogP contribution in [0.3, 0.4) is 0 Å². The average Bonchev–Trinajstić information content (AvgIpc) is 4.20. The summed E-state index contributed by atoms with van der Waals surface area (Å²) in [5, 5.41) is 0. The van der Waals surface area contributed by atoms with E-state index in [-0.39, 0.29) is 21.7 Å². The molecular formula is C62H46N4Ti. The van der Waals surface area contributed by atoms with E-state index in [4.69, 9.17) is 19.9 Å². The van der Waals surface area contributed by atoms with Crippen molar-refractivity contribution in [3.8, 4) is 56.3 Å². The monoisotopic (exact) mass is 894 g/mol. The van der Waals surface area contributed by atoms with Crippen LogP contribution in [0.4, 0.5) is 0 Å². The zero-order valence-corrected chi connectivity index (χ0v) is 39.5. The maximum absolute atomic E-state index is 5.37. The summed E-state index contributed by atoms with van der Waals surface area (Å²) in [6.45, 7) is 8.45. The van der Waals surface area contributed by atoms with Gasteiger partial charge in [-0.2, -0.15) is 0 Å². The molecule has 67 heavy (non-hydrogen) atoms. The summed E-state index contributed by atoms with van der Waals surface area (Å²) in [4.78, 5) is 21.5. The number of rotatable bonds is 4. The van der Waals surface area contributed by atoms with Crippen LogP contribution in [-0.2, 0) is 21.7 Å². The molecule has 5 heteroatoms. The van der Waals surface area contributed by atoms with Gasteiger partial charge in [0.2, 0.25) is 0 Å². The number of hydrogen-bond acceptors (Lipinski definition) is 2. The van der Waals surface area contributed by atoms with Crippen molar-refractivity contribution in [3.63, 3.8) is 0 Å². The Morgan fingerprint density at radius 2 is 0.537 bits per heavy atom. The molecule has 0 amide bonds. The summed E-state index contributed by atoms with van der Waals surface area (Å²) in [6.07, 6.45) is 8.48. The minimum Gasteiger partial charge on any atom is -0.657 e. The summed E-state index contributed by atoms with van der Waals surface area (Å²) in [5.74, 6) is 6.22. The second kappa shape index (κ2) is 19.7. The van der Waals surface area contributed by atoms with Gasteiger partial charge in [-0.1, -0.05) is 192 Å². The Labute approximate surface area is 407 Å². The van der Waals surface area contributed by atoms with E-state index in [0.29, 0.717) is 0 Å². The predicted molar refractivity (Wildman–Crippen MR) is 276 cm³/mol. The number of aromatic nitrogens is 4. The molecule has 0 radical (unpaired) electrons.